The van der Waals surface area contributed by atoms with Crippen molar-refractivity contribution in [2.24, 2.45) is 0 Å². The van der Waals surface area contributed by atoms with Crippen LogP contribution in [0.1, 0.15) is 65.2 Å². The Morgan fingerprint density at radius 2 is 0.591 bits per heavy atom. The molecule has 0 bridgehead atoms. The smallest absolute Gasteiger partial charge is 0.0693 e. The number of unbranched alkanes of at least 4 members (excludes halogenated alkanes) is 7. The first-order chi connectivity index (χ1) is 10.4. The summed E-state index contributed by atoms with van der Waals surface area (Å²) in [5.74, 6) is 0. The van der Waals surface area contributed by atoms with Gasteiger partial charge in [0.1, 0.15) is 0 Å². The van der Waals surface area contributed by atoms with Gasteiger partial charge in [0.25, 0.3) is 0 Å². The van der Waals surface area contributed by atoms with Crippen LogP contribution in [-0.2, 0) is 0 Å². The Kier molecular flexibility index (Phi) is 15.1. The van der Waals surface area contributed by atoms with Gasteiger partial charge in [-0.25, -0.2) is 0 Å². The summed E-state index contributed by atoms with van der Waals surface area (Å²) in [7, 11) is 0. The lowest BCUT2D eigenvalue weighted by atomic mass is 9.97. The molecule has 1 aliphatic rings. The van der Waals surface area contributed by atoms with E-state index in [1.165, 1.54) is 51.4 Å². The van der Waals surface area contributed by atoms with Gasteiger partial charge < -0.3 is 0 Å². The highest BCUT2D eigenvalue weighted by molar-refractivity contribution is 6.45. The molecule has 1 fully saturated rings. The van der Waals surface area contributed by atoms with Crippen LogP contribution in [0, 0.1) is 0 Å². The molecule has 0 amide bonds. The van der Waals surface area contributed by atoms with Gasteiger partial charge in [0, 0.05) is 0 Å². The first-order valence-corrected chi connectivity index (χ1v) is 10.8. The summed E-state index contributed by atoms with van der Waals surface area (Å²) in [6, 6.07) is 0. The summed E-state index contributed by atoms with van der Waals surface area (Å²) in [6.07, 6.45) is 11.5. The molecule has 0 aromatic carbocycles. The largest absolute Gasteiger partial charge is 0.120 e. The predicted octanol–water partition coefficient (Wildman–Crippen LogP) is 7.79. The summed E-state index contributed by atoms with van der Waals surface area (Å²) >= 11 is 35.3. The summed E-state index contributed by atoms with van der Waals surface area (Å²) in [5, 5.41) is -2.62. The van der Waals surface area contributed by atoms with E-state index in [1.807, 2.05) is 0 Å². The molecule has 0 spiro atoms. The van der Waals surface area contributed by atoms with Gasteiger partial charge in [-0.05, 0) is 0 Å². The SMILES string of the molecule is CCCCCCCCCC.Cl[C@H]1[C@H](Cl)[C@@H](Cl)[C@@H](Cl)[C@H](Cl)[C@H]1Cl. The summed E-state index contributed by atoms with van der Waals surface area (Å²) in [6.45, 7) is 4.54. The molecule has 1 rings (SSSR count). The fraction of sp³-hybridized carbons (Fsp3) is 1.00. The van der Waals surface area contributed by atoms with Crippen molar-refractivity contribution in [2.75, 3.05) is 0 Å². The maximum Gasteiger partial charge on any atom is 0.0693 e. The van der Waals surface area contributed by atoms with E-state index < -0.39 is 32.3 Å². The Morgan fingerprint density at radius 1 is 0.409 bits per heavy atom. The molecule has 0 radical (unpaired) electrons. The molecule has 0 aromatic heterocycles. The van der Waals surface area contributed by atoms with Crippen LogP contribution in [0.4, 0.5) is 0 Å². The predicted molar refractivity (Wildman–Crippen MR) is 106 cm³/mol. The van der Waals surface area contributed by atoms with Crippen molar-refractivity contribution in [1.29, 1.82) is 0 Å². The van der Waals surface area contributed by atoms with Gasteiger partial charge in [-0.1, -0.05) is 65.2 Å². The van der Waals surface area contributed by atoms with Crippen LogP contribution in [0.25, 0.3) is 0 Å². The van der Waals surface area contributed by atoms with E-state index in [0.29, 0.717) is 0 Å². The van der Waals surface area contributed by atoms with Crippen molar-refractivity contribution >= 4 is 69.6 Å². The van der Waals surface area contributed by atoms with Crippen molar-refractivity contribution in [1.82, 2.24) is 0 Å². The third-order valence-corrected chi connectivity index (χ3v) is 7.81. The quantitative estimate of drug-likeness (QED) is 0.284. The minimum atomic E-state index is -0.437. The van der Waals surface area contributed by atoms with Gasteiger partial charge in [0.15, 0.2) is 0 Å². The fourth-order valence-corrected chi connectivity index (χ4v) is 4.59. The molecule has 0 unspecified atom stereocenters. The molecule has 22 heavy (non-hydrogen) atoms. The maximum atomic E-state index is 5.88. The van der Waals surface area contributed by atoms with Gasteiger partial charge >= 0.3 is 0 Å². The number of rotatable bonds is 7. The van der Waals surface area contributed by atoms with Crippen molar-refractivity contribution in [3.63, 3.8) is 0 Å². The average molecular weight is 433 g/mol. The second kappa shape index (κ2) is 14.0. The normalized spacial score (nSPS) is 34.9. The highest BCUT2D eigenvalue weighted by Crippen LogP contribution is 2.39. The van der Waals surface area contributed by atoms with Gasteiger partial charge in [-0.15, -0.1) is 69.6 Å². The second-order valence-corrected chi connectivity index (χ2v) is 8.81. The van der Waals surface area contributed by atoms with Crippen LogP contribution in [0.2, 0.25) is 0 Å². The topological polar surface area (TPSA) is 0 Å². The van der Waals surface area contributed by atoms with E-state index in [-0.39, 0.29) is 0 Å². The molecule has 0 N–H and O–H groups in total. The minimum Gasteiger partial charge on any atom is -0.120 e. The Labute approximate surface area is 166 Å². The van der Waals surface area contributed by atoms with E-state index in [0.717, 1.165) is 0 Å². The molecule has 134 valence electrons. The zero-order valence-electron chi connectivity index (χ0n) is 13.4. The Balaban J connectivity index is 0.000000409. The van der Waals surface area contributed by atoms with Crippen LogP contribution in [0.15, 0.2) is 0 Å². The number of hydrogen-bond donors (Lipinski definition) is 0. The van der Waals surface area contributed by atoms with E-state index in [9.17, 15) is 0 Å². The molecule has 1 saturated carbocycles. The van der Waals surface area contributed by atoms with Crippen molar-refractivity contribution in [2.45, 2.75) is 97.5 Å². The molecule has 0 aliphatic heterocycles. The molecule has 0 atom stereocenters. The first kappa shape index (κ1) is 23.7. The van der Waals surface area contributed by atoms with Crippen LogP contribution in [0.5, 0.6) is 0 Å². The first-order valence-electron chi connectivity index (χ1n) is 8.22. The molecular weight excluding hydrogens is 405 g/mol. The molecule has 0 saturated heterocycles. The zero-order valence-corrected chi connectivity index (χ0v) is 17.9. The lowest BCUT2D eigenvalue weighted by molar-refractivity contribution is 0.544. The monoisotopic (exact) mass is 430 g/mol. The van der Waals surface area contributed by atoms with Crippen LogP contribution < -0.4 is 0 Å². The van der Waals surface area contributed by atoms with Crippen molar-refractivity contribution in [3.8, 4) is 0 Å². The summed E-state index contributed by atoms with van der Waals surface area (Å²) < 4.78 is 0. The van der Waals surface area contributed by atoms with Gasteiger partial charge in [-0.3, -0.25) is 0 Å². The number of alkyl halides is 6. The third kappa shape index (κ3) is 8.72. The molecule has 0 nitrogen and oxygen atoms in total. The average Bonchev–Trinajstić information content (AvgIpc) is 2.53. The van der Waals surface area contributed by atoms with E-state index in [2.05, 4.69) is 13.8 Å². The second-order valence-electron chi connectivity index (χ2n) is 5.79. The van der Waals surface area contributed by atoms with Crippen LogP contribution >= 0.6 is 69.6 Å². The fourth-order valence-electron chi connectivity index (χ4n) is 2.26. The number of halogens is 6. The van der Waals surface area contributed by atoms with Gasteiger partial charge in [-0.2, -0.15) is 0 Å². The summed E-state index contributed by atoms with van der Waals surface area (Å²) in [4.78, 5) is 0. The van der Waals surface area contributed by atoms with Gasteiger partial charge in [0.2, 0.25) is 0 Å². The Morgan fingerprint density at radius 3 is 0.773 bits per heavy atom. The third-order valence-electron chi connectivity index (χ3n) is 3.78. The highest BCUT2D eigenvalue weighted by Gasteiger charge is 2.46. The van der Waals surface area contributed by atoms with Gasteiger partial charge in [0.05, 0.1) is 32.3 Å². The lowest BCUT2D eigenvalue weighted by Crippen LogP contribution is -2.52. The van der Waals surface area contributed by atoms with E-state index >= 15 is 0 Å². The van der Waals surface area contributed by atoms with Crippen molar-refractivity contribution in [3.05, 3.63) is 0 Å². The number of hydrogen-bond acceptors (Lipinski definition) is 0. The lowest BCUT2D eigenvalue weighted by Gasteiger charge is -2.37. The Hall–Kier alpha value is 1.74. The van der Waals surface area contributed by atoms with E-state index in [1.54, 1.807) is 0 Å². The summed E-state index contributed by atoms with van der Waals surface area (Å²) in [5.41, 5.74) is 0. The van der Waals surface area contributed by atoms with Crippen molar-refractivity contribution < 1.29 is 0 Å². The molecular formula is C16H28Cl6. The molecule has 0 aromatic rings. The van der Waals surface area contributed by atoms with Crippen LogP contribution in [-0.4, -0.2) is 32.3 Å². The maximum absolute atomic E-state index is 5.88. The Bertz CT molecular complexity index is 196. The van der Waals surface area contributed by atoms with Crippen LogP contribution in [0.3, 0.4) is 0 Å². The minimum absolute atomic E-state index is 0.437. The molecule has 6 heteroatoms. The molecule has 1 aliphatic carbocycles. The standard InChI is InChI=1S/C10H22.C6H6Cl6/c1-3-5-7-9-10-8-6-4-2;7-1-2(8)4(10)6(12)5(11)3(1)9/h3-10H2,1-2H3;1-6H/t;1-,2-,3-,4+,5+,6+. The molecule has 0 heterocycles. The highest BCUT2D eigenvalue weighted by atomic mass is 35.5. The van der Waals surface area contributed by atoms with E-state index in [4.69, 9.17) is 69.6 Å². The zero-order chi connectivity index (χ0) is 17.1.